The van der Waals surface area contributed by atoms with Crippen LogP contribution in [0.1, 0.15) is 12.0 Å². The molecule has 138 valence electrons. The van der Waals surface area contributed by atoms with Crippen LogP contribution in [0.5, 0.6) is 5.75 Å². The van der Waals surface area contributed by atoms with Crippen molar-refractivity contribution in [1.82, 2.24) is 0 Å². The fraction of sp³-hybridized carbons (Fsp3) is 0.273. The van der Waals surface area contributed by atoms with Crippen LogP contribution in [0.3, 0.4) is 0 Å². The van der Waals surface area contributed by atoms with Crippen molar-refractivity contribution in [3.63, 3.8) is 0 Å². The molecule has 2 aliphatic rings. The van der Waals surface area contributed by atoms with Crippen LogP contribution in [0.25, 0.3) is 10.8 Å². The number of hydrogen-bond acceptors (Lipinski definition) is 5. The van der Waals surface area contributed by atoms with Crippen LogP contribution in [-0.2, 0) is 25.5 Å². The zero-order chi connectivity index (χ0) is 19.0. The fourth-order valence-electron chi connectivity index (χ4n) is 3.99. The van der Waals surface area contributed by atoms with Gasteiger partial charge in [-0.3, -0.25) is 0 Å². The Labute approximate surface area is 157 Å². The van der Waals surface area contributed by atoms with Crippen molar-refractivity contribution >= 4 is 22.7 Å². The van der Waals surface area contributed by atoms with Crippen molar-refractivity contribution in [2.45, 2.75) is 12.8 Å². The number of allylic oxidation sites excluding steroid dienone is 1. The lowest BCUT2D eigenvalue weighted by Crippen LogP contribution is -2.27. The van der Waals surface area contributed by atoms with Gasteiger partial charge in [0.2, 0.25) is 0 Å². The van der Waals surface area contributed by atoms with E-state index >= 15 is 0 Å². The van der Waals surface area contributed by atoms with E-state index in [2.05, 4.69) is 12.1 Å². The number of fused-ring (bicyclic) bond motifs is 4. The molecule has 4 rings (SSSR count). The minimum Gasteiger partial charge on any atom is -0.489 e. The number of hydrogen-bond donors (Lipinski definition) is 0. The van der Waals surface area contributed by atoms with Gasteiger partial charge in [-0.1, -0.05) is 36.4 Å². The van der Waals surface area contributed by atoms with Gasteiger partial charge in [-0.2, -0.15) is 0 Å². The number of benzene rings is 2. The van der Waals surface area contributed by atoms with Gasteiger partial charge in [-0.25, -0.2) is 9.59 Å². The number of carbonyl (C=O) groups is 2. The van der Waals surface area contributed by atoms with E-state index < -0.39 is 11.9 Å². The first-order valence-corrected chi connectivity index (χ1v) is 8.86. The predicted octanol–water partition coefficient (Wildman–Crippen LogP) is 3.36. The van der Waals surface area contributed by atoms with Crippen LogP contribution in [0.15, 0.2) is 59.2 Å². The second kappa shape index (κ2) is 6.91. The summed E-state index contributed by atoms with van der Waals surface area (Å²) >= 11 is 0. The standard InChI is InChI=1S/C22H20O5/c1-25-21(23)16-9-7-14-12-27-19-10-8-13-5-3-4-6-15(13)18(19)11-17(14)20(16)22(24)26-2/h3-8,10,17H,9,11-12H2,1-2H3. The molecule has 1 unspecified atom stereocenters. The molecule has 0 saturated heterocycles. The van der Waals surface area contributed by atoms with Crippen LogP contribution in [0.2, 0.25) is 0 Å². The van der Waals surface area contributed by atoms with Crippen molar-refractivity contribution in [2.75, 3.05) is 20.8 Å². The van der Waals surface area contributed by atoms with Gasteiger partial charge in [0.05, 0.1) is 25.4 Å². The van der Waals surface area contributed by atoms with Gasteiger partial charge in [-0.15, -0.1) is 0 Å². The molecule has 0 amide bonds. The third-order valence-corrected chi connectivity index (χ3v) is 5.33. The molecular formula is C22H20O5. The summed E-state index contributed by atoms with van der Waals surface area (Å²) in [6.45, 7) is 0.380. The first-order chi connectivity index (χ1) is 13.1. The van der Waals surface area contributed by atoms with E-state index in [1.807, 2.05) is 30.3 Å². The number of ether oxygens (including phenoxy) is 3. The second-order valence-electron chi connectivity index (χ2n) is 6.67. The van der Waals surface area contributed by atoms with Gasteiger partial charge in [0, 0.05) is 11.5 Å². The molecule has 1 aliphatic carbocycles. The quantitative estimate of drug-likeness (QED) is 0.604. The highest BCUT2D eigenvalue weighted by molar-refractivity contribution is 6.02. The molecule has 0 fully saturated rings. The van der Waals surface area contributed by atoms with E-state index in [0.29, 0.717) is 30.6 Å². The van der Waals surface area contributed by atoms with Crippen LogP contribution >= 0.6 is 0 Å². The molecule has 0 radical (unpaired) electrons. The SMILES string of the molecule is COC(=O)C1=C(C(=O)OC)C2Cc3c(ccc4ccccc34)OCC2=CC1. The predicted molar refractivity (Wildman–Crippen MR) is 100 cm³/mol. The summed E-state index contributed by atoms with van der Waals surface area (Å²) in [6, 6.07) is 12.1. The molecule has 2 aromatic carbocycles. The van der Waals surface area contributed by atoms with Gasteiger partial charge < -0.3 is 14.2 Å². The second-order valence-corrected chi connectivity index (χ2v) is 6.67. The molecule has 0 spiro atoms. The van der Waals surface area contributed by atoms with E-state index in [9.17, 15) is 9.59 Å². The lowest BCUT2D eigenvalue weighted by atomic mass is 9.78. The smallest absolute Gasteiger partial charge is 0.334 e. The van der Waals surface area contributed by atoms with E-state index in [1.165, 1.54) is 14.2 Å². The Kier molecular flexibility index (Phi) is 4.44. The zero-order valence-electron chi connectivity index (χ0n) is 15.3. The van der Waals surface area contributed by atoms with Crippen molar-refractivity contribution in [3.8, 4) is 5.75 Å². The van der Waals surface area contributed by atoms with Crippen LogP contribution in [0, 0.1) is 5.92 Å². The zero-order valence-corrected chi connectivity index (χ0v) is 15.3. The van der Waals surface area contributed by atoms with Crippen LogP contribution in [0.4, 0.5) is 0 Å². The van der Waals surface area contributed by atoms with Gasteiger partial charge in [-0.05, 0) is 35.3 Å². The van der Waals surface area contributed by atoms with Gasteiger partial charge in [0.15, 0.2) is 0 Å². The lowest BCUT2D eigenvalue weighted by molar-refractivity contribution is -0.139. The summed E-state index contributed by atoms with van der Waals surface area (Å²) in [7, 11) is 2.65. The summed E-state index contributed by atoms with van der Waals surface area (Å²) in [5.74, 6) is -0.441. The Hall–Kier alpha value is -3.08. The largest absolute Gasteiger partial charge is 0.489 e. The molecule has 1 atom stereocenters. The van der Waals surface area contributed by atoms with E-state index in [0.717, 1.165) is 27.7 Å². The maximum Gasteiger partial charge on any atom is 0.334 e. The Morgan fingerprint density at radius 3 is 2.59 bits per heavy atom. The summed E-state index contributed by atoms with van der Waals surface area (Å²) in [4.78, 5) is 24.9. The average Bonchev–Trinajstić information content (AvgIpc) is 2.91. The number of rotatable bonds is 2. The van der Waals surface area contributed by atoms with Crippen molar-refractivity contribution in [1.29, 1.82) is 0 Å². The van der Waals surface area contributed by atoms with Crippen molar-refractivity contribution < 1.29 is 23.8 Å². The highest BCUT2D eigenvalue weighted by atomic mass is 16.5. The average molecular weight is 364 g/mol. The Balaban J connectivity index is 1.88. The van der Waals surface area contributed by atoms with Crippen LogP contribution < -0.4 is 4.74 Å². The molecule has 0 aromatic heterocycles. The molecule has 2 aromatic rings. The first-order valence-electron chi connectivity index (χ1n) is 8.86. The first kappa shape index (κ1) is 17.3. The maximum absolute atomic E-state index is 12.6. The van der Waals surface area contributed by atoms with Crippen molar-refractivity contribution in [3.05, 3.63) is 64.8 Å². The normalized spacial score (nSPS) is 18.6. The topological polar surface area (TPSA) is 61.8 Å². The number of carbonyl (C=O) groups excluding carboxylic acids is 2. The molecule has 27 heavy (non-hydrogen) atoms. The van der Waals surface area contributed by atoms with E-state index in [4.69, 9.17) is 14.2 Å². The summed E-state index contributed by atoms with van der Waals surface area (Å²) < 4.78 is 16.0. The Morgan fingerprint density at radius 1 is 1.04 bits per heavy atom. The fourth-order valence-corrected chi connectivity index (χ4v) is 3.99. The Bertz CT molecular complexity index is 999. The minimum atomic E-state index is -0.492. The molecule has 1 aliphatic heterocycles. The molecule has 5 nitrogen and oxygen atoms in total. The molecule has 0 bridgehead atoms. The highest BCUT2D eigenvalue weighted by Gasteiger charge is 2.36. The summed E-state index contributed by atoms with van der Waals surface area (Å²) in [6.07, 6.45) is 2.87. The molecule has 0 N–H and O–H groups in total. The Morgan fingerprint density at radius 2 is 1.81 bits per heavy atom. The van der Waals surface area contributed by atoms with Crippen LogP contribution in [-0.4, -0.2) is 32.8 Å². The summed E-state index contributed by atoms with van der Waals surface area (Å²) in [5.41, 5.74) is 2.77. The van der Waals surface area contributed by atoms with E-state index in [1.54, 1.807) is 0 Å². The molecule has 5 heteroatoms. The number of methoxy groups -OCH3 is 2. The highest BCUT2D eigenvalue weighted by Crippen LogP contribution is 2.41. The minimum absolute atomic E-state index is 0.271. The summed E-state index contributed by atoms with van der Waals surface area (Å²) in [5, 5.41) is 2.20. The van der Waals surface area contributed by atoms with Gasteiger partial charge in [0.1, 0.15) is 12.4 Å². The molecule has 0 saturated carbocycles. The van der Waals surface area contributed by atoms with E-state index in [-0.39, 0.29) is 5.92 Å². The lowest BCUT2D eigenvalue weighted by Gasteiger charge is -2.26. The van der Waals surface area contributed by atoms with Gasteiger partial charge >= 0.3 is 11.9 Å². The molecular weight excluding hydrogens is 344 g/mol. The third kappa shape index (κ3) is 2.89. The maximum atomic E-state index is 12.6. The molecule has 1 heterocycles. The van der Waals surface area contributed by atoms with Gasteiger partial charge in [0.25, 0.3) is 0 Å². The third-order valence-electron chi connectivity index (χ3n) is 5.33. The number of esters is 2. The monoisotopic (exact) mass is 364 g/mol. The van der Waals surface area contributed by atoms with Crippen molar-refractivity contribution in [2.24, 2.45) is 5.92 Å².